The van der Waals surface area contributed by atoms with Crippen molar-refractivity contribution < 1.29 is 14.5 Å². The Balaban J connectivity index is 1.73. The van der Waals surface area contributed by atoms with Gasteiger partial charge >= 0.3 is 0 Å². The number of fused-ring (bicyclic) bond motifs is 1. The number of nitrogens with one attached hydrogen (secondary N) is 1. The third-order valence-electron chi connectivity index (χ3n) is 5.32. The number of hydrogen-bond acceptors (Lipinski definition) is 5. The Morgan fingerprint density at radius 3 is 2.45 bits per heavy atom. The van der Waals surface area contributed by atoms with Crippen molar-refractivity contribution in [2.75, 3.05) is 16.8 Å². The molecular formula is C23H20N4O4. The molecule has 8 heteroatoms. The van der Waals surface area contributed by atoms with E-state index in [0.29, 0.717) is 24.3 Å². The quantitative estimate of drug-likeness (QED) is 0.488. The number of nitrogens with two attached hydrogens (primary N) is 1. The summed E-state index contributed by atoms with van der Waals surface area (Å²) in [6, 6.07) is 20.7. The van der Waals surface area contributed by atoms with Crippen LogP contribution in [0.25, 0.3) is 0 Å². The van der Waals surface area contributed by atoms with Crippen LogP contribution in [0, 0.1) is 10.1 Å². The molecule has 1 atom stereocenters. The molecule has 0 spiro atoms. The summed E-state index contributed by atoms with van der Waals surface area (Å²) in [7, 11) is 0. The fourth-order valence-electron chi connectivity index (χ4n) is 3.72. The lowest BCUT2D eigenvalue weighted by atomic mass is 9.97. The van der Waals surface area contributed by atoms with Gasteiger partial charge < -0.3 is 16.0 Å². The first-order valence-electron chi connectivity index (χ1n) is 9.70. The van der Waals surface area contributed by atoms with Gasteiger partial charge in [0.1, 0.15) is 0 Å². The number of anilines is 2. The molecular weight excluding hydrogens is 396 g/mol. The zero-order valence-corrected chi connectivity index (χ0v) is 16.5. The number of rotatable bonds is 5. The molecule has 1 heterocycles. The van der Waals surface area contributed by atoms with Gasteiger partial charge in [-0.05, 0) is 29.3 Å². The van der Waals surface area contributed by atoms with Gasteiger partial charge in [-0.15, -0.1) is 0 Å². The summed E-state index contributed by atoms with van der Waals surface area (Å²) in [6.45, 7) is 0.828. The highest BCUT2D eigenvalue weighted by Gasteiger charge is 2.29. The van der Waals surface area contributed by atoms with Crippen LogP contribution in [0.15, 0.2) is 72.8 Å². The molecule has 1 unspecified atom stereocenters. The Morgan fingerprint density at radius 2 is 1.81 bits per heavy atom. The minimum atomic E-state index is -0.581. The van der Waals surface area contributed by atoms with Crippen molar-refractivity contribution in [2.24, 2.45) is 5.73 Å². The predicted octanol–water partition coefficient (Wildman–Crippen LogP) is 3.44. The summed E-state index contributed by atoms with van der Waals surface area (Å²) in [5.41, 5.74) is 8.71. The highest BCUT2D eigenvalue weighted by molar-refractivity contribution is 6.03. The van der Waals surface area contributed by atoms with Crippen LogP contribution in [0.3, 0.4) is 0 Å². The second-order valence-electron chi connectivity index (χ2n) is 7.35. The Morgan fingerprint density at radius 1 is 1.10 bits per heavy atom. The monoisotopic (exact) mass is 416 g/mol. The molecule has 8 nitrogen and oxygen atoms in total. The lowest BCUT2D eigenvalue weighted by Crippen LogP contribution is -2.30. The molecule has 0 aromatic heterocycles. The van der Waals surface area contributed by atoms with Gasteiger partial charge in [0.05, 0.1) is 22.2 Å². The largest absolute Gasteiger partial charge is 0.366 e. The van der Waals surface area contributed by atoms with E-state index in [1.807, 2.05) is 35.2 Å². The third kappa shape index (κ3) is 4.23. The average Bonchev–Trinajstić information content (AvgIpc) is 2.90. The molecule has 1 aliphatic rings. The van der Waals surface area contributed by atoms with Gasteiger partial charge in [-0.1, -0.05) is 42.5 Å². The fraction of sp³-hybridized carbons (Fsp3) is 0.130. The number of hydrogen-bond donors (Lipinski definition) is 2. The summed E-state index contributed by atoms with van der Waals surface area (Å²) >= 11 is 0. The minimum Gasteiger partial charge on any atom is -0.366 e. The fourth-order valence-corrected chi connectivity index (χ4v) is 3.72. The van der Waals surface area contributed by atoms with E-state index in [2.05, 4.69) is 5.32 Å². The molecule has 2 amide bonds. The van der Waals surface area contributed by atoms with Crippen LogP contribution < -0.4 is 16.0 Å². The van der Waals surface area contributed by atoms with Crippen molar-refractivity contribution in [1.82, 2.24) is 0 Å². The summed E-state index contributed by atoms with van der Waals surface area (Å²) < 4.78 is 0. The normalized spacial score (nSPS) is 15.5. The first-order valence-corrected chi connectivity index (χ1v) is 9.70. The van der Waals surface area contributed by atoms with Crippen LogP contribution in [0.1, 0.15) is 27.4 Å². The molecule has 31 heavy (non-hydrogen) atoms. The number of nitrogens with zero attached hydrogens (tertiary/aromatic N) is 2. The maximum absolute atomic E-state index is 13.0. The Labute approximate surface area is 178 Å². The van der Waals surface area contributed by atoms with Crippen molar-refractivity contribution in [3.05, 3.63) is 99.6 Å². The van der Waals surface area contributed by atoms with Gasteiger partial charge in [-0.3, -0.25) is 19.7 Å². The van der Waals surface area contributed by atoms with Gasteiger partial charge in [-0.25, -0.2) is 0 Å². The molecule has 4 rings (SSSR count). The zero-order chi connectivity index (χ0) is 22.0. The molecule has 0 aliphatic carbocycles. The van der Waals surface area contributed by atoms with Crippen molar-refractivity contribution in [2.45, 2.75) is 12.5 Å². The number of carbonyl (C=O) groups excluding carboxylic acids is 2. The maximum Gasteiger partial charge on any atom is 0.269 e. The average molecular weight is 416 g/mol. The van der Waals surface area contributed by atoms with Crippen LogP contribution in [0.4, 0.5) is 17.1 Å². The first-order chi connectivity index (χ1) is 14.9. The number of non-ortho nitro benzene ring substituents is 1. The van der Waals surface area contributed by atoms with E-state index in [1.165, 1.54) is 12.1 Å². The second-order valence-corrected chi connectivity index (χ2v) is 7.35. The number of carbonyl (C=O) groups is 2. The molecule has 1 aliphatic heterocycles. The van der Waals surface area contributed by atoms with Crippen molar-refractivity contribution in [3.63, 3.8) is 0 Å². The minimum absolute atomic E-state index is 0.0186. The molecule has 0 bridgehead atoms. The molecule has 0 radical (unpaired) electrons. The van der Waals surface area contributed by atoms with Crippen LogP contribution in [0.2, 0.25) is 0 Å². The summed E-state index contributed by atoms with van der Waals surface area (Å²) in [5.74, 6) is -1.20. The van der Waals surface area contributed by atoms with Crippen molar-refractivity contribution in [3.8, 4) is 0 Å². The number of primary amides is 1. The SMILES string of the molecule is NC(=O)c1ccc2c(c1)NC(=O)C(c1ccccc1)CN2Cc1ccc([N+](=O)[O-])cc1. The van der Waals surface area contributed by atoms with Crippen LogP contribution in [-0.4, -0.2) is 23.3 Å². The number of nitro benzene ring substituents is 1. The van der Waals surface area contributed by atoms with E-state index >= 15 is 0 Å². The lowest BCUT2D eigenvalue weighted by molar-refractivity contribution is -0.384. The van der Waals surface area contributed by atoms with Gasteiger partial charge in [-0.2, -0.15) is 0 Å². The van der Waals surface area contributed by atoms with E-state index in [4.69, 9.17) is 5.73 Å². The van der Waals surface area contributed by atoms with Gasteiger partial charge in [0.15, 0.2) is 0 Å². The first kappa shape index (κ1) is 20.1. The van der Waals surface area contributed by atoms with E-state index in [1.54, 1.807) is 30.3 Å². The maximum atomic E-state index is 13.0. The predicted molar refractivity (Wildman–Crippen MR) is 117 cm³/mol. The van der Waals surface area contributed by atoms with E-state index < -0.39 is 16.7 Å². The van der Waals surface area contributed by atoms with E-state index in [9.17, 15) is 19.7 Å². The highest BCUT2D eigenvalue weighted by Crippen LogP contribution is 2.35. The standard InChI is InChI=1S/C23H20N4O4/c24-22(28)17-8-11-21-20(12-17)25-23(29)19(16-4-2-1-3-5-16)14-26(21)13-15-6-9-18(10-7-15)27(30)31/h1-12,19H,13-14H2,(H2,24,28)(H,25,29). The summed E-state index contributed by atoms with van der Waals surface area (Å²) in [4.78, 5) is 37.2. The topological polar surface area (TPSA) is 119 Å². The zero-order valence-electron chi connectivity index (χ0n) is 16.5. The molecule has 156 valence electrons. The number of amides is 2. The third-order valence-corrected chi connectivity index (χ3v) is 5.32. The molecule has 3 N–H and O–H groups in total. The van der Waals surface area contributed by atoms with Crippen LogP contribution >= 0.6 is 0 Å². The van der Waals surface area contributed by atoms with Gasteiger partial charge in [0, 0.05) is 30.8 Å². The molecule has 0 saturated heterocycles. The van der Waals surface area contributed by atoms with Crippen LogP contribution in [0.5, 0.6) is 0 Å². The lowest BCUT2D eigenvalue weighted by Gasteiger charge is -2.27. The Kier molecular flexibility index (Phi) is 5.36. The van der Waals surface area contributed by atoms with Gasteiger partial charge in [0.2, 0.25) is 11.8 Å². The van der Waals surface area contributed by atoms with Crippen molar-refractivity contribution >= 4 is 28.9 Å². The van der Waals surface area contributed by atoms with Crippen LogP contribution in [-0.2, 0) is 11.3 Å². The smallest absolute Gasteiger partial charge is 0.269 e. The molecule has 3 aromatic rings. The van der Waals surface area contributed by atoms with Crippen molar-refractivity contribution in [1.29, 1.82) is 0 Å². The number of benzene rings is 3. The van der Waals surface area contributed by atoms with E-state index in [0.717, 1.165) is 16.8 Å². The summed E-state index contributed by atoms with van der Waals surface area (Å²) in [6.07, 6.45) is 0. The Bertz CT molecular complexity index is 1150. The highest BCUT2D eigenvalue weighted by atomic mass is 16.6. The summed E-state index contributed by atoms with van der Waals surface area (Å²) in [5, 5.41) is 13.9. The molecule has 3 aromatic carbocycles. The Hall–Kier alpha value is -4.20. The van der Waals surface area contributed by atoms with E-state index in [-0.39, 0.29) is 11.6 Å². The molecule has 0 fully saturated rings. The second kappa shape index (κ2) is 8.27. The number of nitro groups is 1. The molecule has 0 saturated carbocycles. The van der Waals surface area contributed by atoms with Gasteiger partial charge in [0.25, 0.3) is 5.69 Å².